The minimum absolute atomic E-state index is 0.0745. The molecule has 0 aromatic carbocycles. The van der Waals surface area contributed by atoms with Gasteiger partial charge in [-0.1, -0.05) is 0 Å². The van der Waals surface area contributed by atoms with E-state index >= 15 is 0 Å². The molecule has 4 heteroatoms. The predicted octanol–water partition coefficient (Wildman–Crippen LogP) is 0.213. The maximum atomic E-state index is 12.4. The summed E-state index contributed by atoms with van der Waals surface area (Å²) < 4.78 is 12.4. The zero-order valence-corrected chi connectivity index (χ0v) is 5.87. The minimum Gasteiger partial charge on any atom is -0.387 e. The minimum atomic E-state index is -0.821. The Kier molecular flexibility index (Phi) is 2.51. The standard InChI is InChI=1S/C7H9FN2O/c8-6-1-5(3-10-4-6)7(11)2-9/h1,3-4,7,11H,2,9H2. The van der Waals surface area contributed by atoms with Crippen molar-refractivity contribution >= 4 is 0 Å². The Labute approximate surface area is 63.7 Å². The third-order valence-electron chi connectivity index (χ3n) is 1.33. The van der Waals surface area contributed by atoms with Crippen molar-refractivity contribution in [3.05, 3.63) is 29.8 Å². The lowest BCUT2D eigenvalue weighted by Gasteiger charge is -2.05. The average molecular weight is 156 g/mol. The molecule has 1 aromatic rings. The smallest absolute Gasteiger partial charge is 0.141 e. The molecule has 60 valence electrons. The van der Waals surface area contributed by atoms with Crippen molar-refractivity contribution in [3.8, 4) is 0 Å². The second kappa shape index (κ2) is 3.41. The molecule has 0 spiro atoms. The number of hydrogen-bond acceptors (Lipinski definition) is 3. The highest BCUT2D eigenvalue weighted by molar-refractivity contribution is 5.13. The summed E-state index contributed by atoms with van der Waals surface area (Å²) >= 11 is 0. The van der Waals surface area contributed by atoms with Gasteiger partial charge in [0, 0.05) is 18.3 Å². The highest BCUT2D eigenvalue weighted by Gasteiger charge is 2.05. The Hall–Kier alpha value is -1.00. The summed E-state index contributed by atoms with van der Waals surface area (Å²) in [5, 5.41) is 9.12. The van der Waals surface area contributed by atoms with Crippen LogP contribution in [0.3, 0.4) is 0 Å². The van der Waals surface area contributed by atoms with Gasteiger partial charge in [0.05, 0.1) is 12.3 Å². The van der Waals surface area contributed by atoms with Crippen molar-refractivity contribution in [2.45, 2.75) is 6.10 Å². The lowest BCUT2D eigenvalue weighted by molar-refractivity contribution is 0.186. The topological polar surface area (TPSA) is 59.1 Å². The molecule has 0 saturated heterocycles. The normalized spacial score (nSPS) is 13.0. The Bertz CT molecular complexity index is 242. The third-order valence-corrected chi connectivity index (χ3v) is 1.33. The third kappa shape index (κ3) is 1.96. The van der Waals surface area contributed by atoms with Gasteiger partial charge in [-0.3, -0.25) is 4.98 Å². The van der Waals surface area contributed by atoms with Crippen molar-refractivity contribution in [2.24, 2.45) is 5.73 Å². The van der Waals surface area contributed by atoms with Gasteiger partial charge in [0.15, 0.2) is 0 Å². The Morgan fingerprint density at radius 1 is 1.64 bits per heavy atom. The fourth-order valence-corrected chi connectivity index (χ4v) is 0.747. The second-order valence-corrected chi connectivity index (χ2v) is 2.19. The quantitative estimate of drug-likeness (QED) is 0.643. The number of pyridine rings is 1. The summed E-state index contributed by atoms with van der Waals surface area (Å²) in [6, 6.07) is 1.21. The second-order valence-electron chi connectivity index (χ2n) is 2.19. The largest absolute Gasteiger partial charge is 0.387 e. The number of nitrogens with zero attached hydrogens (tertiary/aromatic N) is 1. The van der Waals surface area contributed by atoms with Crippen LogP contribution < -0.4 is 5.73 Å². The van der Waals surface area contributed by atoms with Crippen LogP contribution in [0.5, 0.6) is 0 Å². The fourth-order valence-electron chi connectivity index (χ4n) is 0.747. The highest BCUT2D eigenvalue weighted by Crippen LogP contribution is 2.10. The van der Waals surface area contributed by atoms with Crippen LogP contribution in [0.25, 0.3) is 0 Å². The maximum absolute atomic E-state index is 12.4. The first-order valence-corrected chi connectivity index (χ1v) is 3.22. The van der Waals surface area contributed by atoms with Crippen LogP contribution >= 0.6 is 0 Å². The maximum Gasteiger partial charge on any atom is 0.141 e. The number of rotatable bonds is 2. The Morgan fingerprint density at radius 2 is 2.36 bits per heavy atom. The summed E-state index contributed by atoms with van der Waals surface area (Å²) in [7, 11) is 0. The summed E-state index contributed by atoms with van der Waals surface area (Å²) in [4.78, 5) is 3.56. The number of aromatic nitrogens is 1. The van der Waals surface area contributed by atoms with E-state index in [0.717, 1.165) is 6.20 Å². The number of halogens is 1. The SMILES string of the molecule is NCC(O)c1cncc(F)c1. The first kappa shape index (κ1) is 8.10. The first-order chi connectivity index (χ1) is 5.24. The van der Waals surface area contributed by atoms with Crippen LogP contribution in [0, 0.1) is 5.82 Å². The molecule has 0 saturated carbocycles. The van der Waals surface area contributed by atoms with E-state index in [2.05, 4.69) is 4.98 Å². The van der Waals surface area contributed by atoms with Crippen molar-refractivity contribution in [1.29, 1.82) is 0 Å². The van der Waals surface area contributed by atoms with E-state index in [0.29, 0.717) is 5.56 Å². The van der Waals surface area contributed by atoms with Crippen LogP contribution in [0.15, 0.2) is 18.5 Å². The summed E-state index contributed by atoms with van der Waals surface area (Å²) in [5.74, 6) is -0.463. The van der Waals surface area contributed by atoms with Gasteiger partial charge in [-0.2, -0.15) is 0 Å². The van der Waals surface area contributed by atoms with E-state index in [4.69, 9.17) is 10.8 Å². The van der Waals surface area contributed by atoms with Crippen LogP contribution in [0.1, 0.15) is 11.7 Å². The zero-order valence-electron chi connectivity index (χ0n) is 5.87. The summed E-state index contributed by atoms with van der Waals surface area (Å²) in [6.45, 7) is 0.0745. The van der Waals surface area contributed by atoms with Crippen molar-refractivity contribution in [2.75, 3.05) is 6.54 Å². The first-order valence-electron chi connectivity index (χ1n) is 3.22. The molecular weight excluding hydrogens is 147 g/mol. The molecule has 1 atom stereocenters. The Morgan fingerprint density at radius 3 is 2.91 bits per heavy atom. The molecule has 1 aromatic heterocycles. The van der Waals surface area contributed by atoms with E-state index in [1.54, 1.807) is 0 Å². The fraction of sp³-hybridized carbons (Fsp3) is 0.286. The number of hydrogen-bond donors (Lipinski definition) is 2. The molecule has 3 nitrogen and oxygen atoms in total. The zero-order chi connectivity index (χ0) is 8.27. The molecule has 3 N–H and O–H groups in total. The van der Waals surface area contributed by atoms with Crippen molar-refractivity contribution < 1.29 is 9.50 Å². The number of aliphatic hydroxyl groups is 1. The van der Waals surface area contributed by atoms with Gasteiger partial charge in [-0.05, 0) is 6.07 Å². The molecule has 0 aliphatic heterocycles. The summed E-state index contributed by atoms with van der Waals surface area (Å²) in [5.41, 5.74) is 5.56. The van der Waals surface area contributed by atoms with Crippen molar-refractivity contribution in [3.63, 3.8) is 0 Å². The number of nitrogens with two attached hydrogens (primary N) is 1. The van der Waals surface area contributed by atoms with Gasteiger partial charge in [0.25, 0.3) is 0 Å². The van der Waals surface area contributed by atoms with Gasteiger partial charge in [0.2, 0.25) is 0 Å². The molecule has 11 heavy (non-hydrogen) atoms. The van der Waals surface area contributed by atoms with Gasteiger partial charge < -0.3 is 10.8 Å². The monoisotopic (exact) mass is 156 g/mol. The summed E-state index contributed by atoms with van der Waals surface area (Å²) in [6.07, 6.45) is 1.64. The predicted molar refractivity (Wildman–Crippen MR) is 38.2 cm³/mol. The van der Waals surface area contributed by atoms with Gasteiger partial charge in [-0.15, -0.1) is 0 Å². The van der Waals surface area contributed by atoms with Gasteiger partial charge in [-0.25, -0.2) is 4.39 Å². The molecule has 0 fully saturated rings. The molecule has 1 heterocycles. The molecule has 0 bridgehead atoms. The lowest BCUT2D eigenvalue weighted by Crippen LogP contribution is -2.11. The van der Waals surface area contributed by atoms with Crippen LogP contribution in [-0.4, -0.2) is 16.6 Å². The van der Waals surface area contributed by atoms with Crippen LogP contribution in [0.4, 0.5) is 4.39 Å². The van der Waals surface area contributed by atoms with E-state index in [1.165, 1.54) is 12.3 Å². The van der Waals surface area contributed by atoms with Gasteiger partial charge in [0.1, 0.15) is 5.82 Å². The van der Waals surface area contributed by atoms with E-state index in [1.807, 2.05) is 0 Å². The van der Waals surface area contributed by atoms with Crippen LogP contribution in [-0.2, 0) is 0 Å². The number of aliphatic hydroxyl groups excluding tert-OH is 1. The molecule has 0 radical (unpaired) electrons. The van der Waals surface area contributed by atoms with E-state index < -0.39 is 11.9 Å². The van der Waals surface area contributed by atoms with Crippen LogP contribution in [0.2, 0.25) is 0 Å². The molecule has 1 unspecified atom stereocenters. The van der Waals surface area contributed by atoms with Crippen molar-refractivity contribution in [1.82, 2.24) is 4.98 Å². The molecular formula is C7H9FN2O. The molecule has 0 amide bonds. The molecule has 0 aliphatic carbocycles. The molecule has 1 rings (SSSR count). The van der Waals surface area contributed by atoms with E-state index in [9.17, 15) is 4.39 Å². The van der Waals surface area contributed by atoms with E-state index in [-0.39, 0.29) is 6.54 Å². The average Bonchev–Trinajstić information content (AvgIpc) is 2.03. The lowest BCUT2D eigenvalue weighted by atomic mass is 10.2. The molecule has 0 aliphatic rings. The van der Waals surface area contributed by atoms with Gasteiger partial charge >= 0.3 is 0 Å². The Balaban J connectivity index is 2.86. The highest BCUT2D eigenvalue weighted by atomic mass is 19.1.